The van der Waals surface area contributed by atoms with Crippen LogP contribution in [0.15, 0.2) is 34.4 Å². The van der Waals surface area contributed by atoms with Crippen LogP contribution in [0, 0.1) is 5.82 Å². The molecular weight excluding hydrogens is 281 g/mol. The molecule has 15 heavy (non-hydrogen) atoms. The summed E-state index contributed by atoms with van der Waals surface area (Å²) in [6, 6.07) is 5.78. The number of benzene rings is 1. The van der Waals surface area contributed by atoms with Gasteiger partial charge >= 0.3 is 0 Å². The molecule has 5 heteroatoms. The van der Waals surface area contributed by atoms with Crippen LogP contribution >= 0.6 is 27.3 Å². The summed E-state index contributed by atoms with van der Waals surface area (Å²) in [4.78, 5) is 4.71. The first-order valence-electron chi connectivity index (χ1n) is 4.21. The van der Waals surface area contributed by atoms with Gasteiger partial charge in [0.25, 0.3) is 0 Å². The molecule has 0 saturated heterocycles. The molecule has 1 aromatic carbocycles. The minimum absolute atomic E-state index is 0.311. The van der Waals surface area contributed by atoms with E-state index in [1.807, 2.05) is 0 Å². The van der Waals surface area contributed by atoms with Gasteiger partial charge in [-0.05, 0) is 33.6 Å². The van der Waals surface area contributed by atoms with Crippen LogP contribution in [0.1, 0.15) is 16.5 Å². The SMILES string of the molecule is OC(c1ccc(F)cc1)c1scnc1Br. The van der Waals surface area contributed by atoms with Gasteiger partial charge in [-0.1, -0.05) is 12.1 Å². The van der Waals surface area contributed by atoms with E-state index in [1.165, 1.54) is 23.5 Å². The van der Waals surface area contributed by atoms with Crippen LogP contribution < -0.4 is 0 Å². The summed E-state index contributed by atoms with van der Waals surface area (Å²) < 4.78 is 13.3. The van der Waals surface area contributed by atoms with Gasteiger partial charge in [0.2, 0.25) is 0 Å². The first kappa shape index (κ1) is 10.7. The Morgan fingerprint density at radius 1 is 1.33 bits per heavy atom. The minimum Gasteiger partial charge on any atom is -0.383 e. The second-order valence-electron chi connectivity index (χ2n) is 2.96. The lowest BCUT2D eigenvalue weighted by atomic mass is 10.1. The number of hydrogen-bond acceptors (Lipinski definition) is 3. The lowest BCUT2D eigenvalue weighted by molar-refractivity contribution is 0.223. The van der Waals surface area contributed by atoms with Gasteiger partial charge in [0, 0.05) is 0 Å². The van der Waals surface area contributed by atoms with Crippen LogP contribution in [-0.2, 0) is 0 Å². The molecule has 1 heterocycles. The molecule has 0 bridgehead atoms. The number of nitrogens with zero attached hydrogens (tertiary/aromatic N) is 1. The van der Waals surface area contributed by atoms with Crippen LogP contribution in [0.3, 0.4) is 0 Å². The van der Waals surface area contributed by atoms with Gasteiger partial charge in [-0.15, -0.1) is 11.3 Å². The third-order valence-electron chi connectivity index (χ3n) is 1.98. The third-order valence-corrected chi connectivity index (χ3v) is 3.76. The summed E-state index contributed by atoms with van der Waals surface area (Å²) in [5.74, 6) is -0.311. The van der Waals surface area contributed by atoms with E-state index in [-0.39, 0.29) is 5.82 Å². The molecule has 2 aromatic rings. The summed E-state index contributed by atoms with van der Waals surface area (Å²) in [7, 11) is 0. The molecule has 0 fully saturated rings. The Labute approximate surface area is 98.5 Å². The van der Waals surface area contributed by atoms with Gasteiger partial charge in [0.15, 0.2) is 0 Å². The molecule has 2 nitrogen and oxygen atoms in total. The highest BCUT2D eigenvalue weighted by Crippen LogP contribution is 2.30. The van der Waals surface area contributed by atoms with Crippen molar-refractivity contribution in [2.24, 2.45) is 0 Å². The number of halogens is 2. The molecule has 1 unspecified atom stereocenters. The van der Waals surface area contributed by atoms with E-state index in [4.69, 9.17) is 0 Å². The standard InChI is InChI=1S/C10H7BrFNOS/c11-10-9(15-5-13-10)8(14)6-1-3-7(12)4-2-6/h1-5,8,14H. The Hall–Kier alpha value is -0.780. The van der Waals surface area contributed by atoms with E-state index in [2.05, 4.69) is 20.9 Å². The van der Waals surface area contributed by atoms with E-state index in [0.717, 1.165) is 4.88 Å². The van der Waals surface area contributed by atoms with Gasteiger partial charge in [-0.25, -0.2) is 9.37 Å². The van der Waals surface area contributed by atoms with Crippen LogP contribution in [0.5, 0.6) is 0 Å². The monoisotopic (exact) mass is 287 g/mol. The molecule has 1 atom stereocenters. The molecule has 1 aromatic heterocycles. The molecule has 0 saturated carbocycles. The van der Waals surface area contributed by atoms with E-state index in [1.54, 1.807) is 17.6 Å². The smallest absolute Gasteiger partial charge is 0.123 e. The van der Waals surface area contributed by atoms with Gasteiger partial charge in [0.05, 0.1) is 10.4 Å². The Bertz CT molecular complexity index is 457. The average Bonchev–Trinajstić information content (AvgIpc) is 2.65. The second kappa shape index (κ2) is 4.38. The zero-order chi connectivity index (χ0) is 10.8. The fourth-order valence-electron chi connectivity index (χ4n) is 1.22. The Kier molecular flexibility index (Phi) is 3.14. The highest BCUT2D eigenvalue weighted by molar-refractivity contribution is 9.10. The number of aromatic nitrogens is 1. The molecule has 78 valence electrons. The van der Waals surface area contributed by atoms with Gasteiger partial charge in [-0.3, -0.25) is 0 Å². The molecule has 0 aliphatic carbocycles. The number of rotatable bonds is 2. The lowest BCUT2D eigenvalue weighted by Gasteiger charge is -2.08. The molecule has 2 rings (SSSR count). The van der Waals surface area contributed by atoms with Crippen molar-refractivity contribution in [3.63, 3.8) is 0 Å². The van der Waals surface area contributed by atoms with E-state index in [0.29, 0.717) is 10.2 Å². The highest BCUT2D eigenvalue weighted by Gasteiger charge is 2.15. The van der Waals surface area contributed by atoms with E-state index in [9.17, 15) is 9.50 Å². The third kappa shape index (κ3) is 2.25. The van der Waals surface area contributed by atoms with Gasteiger partial charge in [-0.2, -0.15) is 0 Å². The quantitative estimate of drug-likeness (QED) is 0.921. The lowest BCUT2D eigenvalue weighted by Crippen LogP contribution is -1.97. The number of thiazole rings is 1. The van der Waals surface area contributed by atoms with Crippen molar-refractivity contribution < 1.29 is 9.50 Å². The molecule has 0 aliphatic rings. The van der Waals surface area contributed by atoms with Gasteiger partial charge < -0.3 is 5.11 Å². The fraction of sp³-hybridized carbons (Fsp3) is 0.100. The van der Waals surface area contributed by atoms with Crippen molar-refractivity contribution in [2.75, 3.05) is 0 Å². The van der Waals surface area contributed by atoms with Gasteiger partial charge in [0.1, 0.15) is 16.5 Å². The fourth-order valence-corrected chi connectivity index (χ4v) is 2.64. The molecule has 0 aliphatic heterocycles. The maximum absolute atomic E-state index is 12.7. The zero-order valence-electron chi connectivity index (χ0n) is 7.52. The Morgan fingerprint density at radius 3 is 2.53 bits per heavy atom. The highest BCUT2D eigenvalue weighted by atomic mass is 79.9. The molecule has 1 N–H and O–H groups in total. The first-order valence-corrected chi connectivity index (χ1v) is 5.88. The molecule has 0 radical (unpaired) electrons. The molecular formula is C10H7BrFNOS. The predicted octanol–water partition coefficient (Wildman–Crippen LogP) is 3.13. The molecule has 0 spiro atoms. The topological polar surface area (TPSA) is 33.1 Å². The van der Waals surface area contributed by atoms with E-state index >= 15 is 0 Å². The van der Waals surface area contributed by atoms with Crippen LogP contribution in [-0.4, -0.2) is 10.1 Å². The summed E-state index contributed by atoms with van der Waals surface area (Å²) in [6.45, 7) is 0. The average molecular weight is 288 g/mol. The van der Waals surface area contributed by atoms with Crippen LogP contribution in [0.4, 0.5) is 4.39 Å². The summed E-state index contributed by atoms with van der Waals surface area (Å²) >= 11 is 4.60. The number of aliphatic hydroxyl groups is 1. The number of hydrogen-bond donors (Lipinski definition) is 1. The predicted molar refractivity (Wildman–Crippen MR) is 60.3 cm³/mol. The van der Waals surface area contributed by atoms with Crippen molar-refractivity contribution in [1.29, 1.82) is 0 Å². The van der Waals surface area contributed by atoms with Crippen molar-refractivity contribution in [3.05, 3.63) is 50.6 Å². The van der Waals surface area contributed by atoms with Crippen LogP contribution in [0.2, 0.25) is 0 Å². The van der Waals surface area contributed by atoms with Crippen molar-refractivity contribution >= 4 is 27.3 Å². The number of aliphatic hydroxyl groups excluding tert-OH is 1. The largest absolute Gasteiger partial charge is 0.383 e. The van der Waals surface area contributed by atoms with Crippen LogP contribution in [0.25, 0.3) is 0 Å². The van der Waals surface area contributed by atoms with Crippen molar-refractivity contribution in [3.8, 4) is 0 Å². The minimum atomic E-state index is -0.757. The Balaban J connectivity index is 2.32. The Morgan fingerprint density at radius 2 is 2.00 bits per heavy atom. The first-order chi connectivity index (χ1) is 7.18. The van der Waals surface area contributed by atoms with E-state index < -0.39 is 6.10 Å². The second-order valence-corrected chi connectivity index (χ2v) is 4.60. The summed E-state index contributed by atoms with van der Waals surface area (Å²) in [6.07, 6.45) is -0.757. The zero-order valence-corrected chi connectivity index (χ0v) is 9.93. The maximum atomic E-state index is 12.7. The van der Waals surface area contributed by atoms with Crippen molar-refractivity contribution in [1.82, 2.24) is 4.98 Å². The normalized spacial score (nSPS) is 12.7. The molecule has 0 amide bonds. The van der Waals surface area contributed by atoms with Crippen molar-refractivity contribution in [2.45, 2.75) is 6.10 Å². The summed E-state index contributed by atoms with van der Waals surface area (Å²) in [5, 5.41) is 9.97. The maximum Gasteiger partial charge on any atom is 0.123 e. The summed E-state index contributed by atoms with van der Waals surface area (Å²) in [5.41, 5.74) is 2.30.